The molecule has 5 N–H and O–H groups in total. The lowest BCUT2D eigenvalue weighted by Crippen LogP contribution is -2.53. The number of nitrogens with two attached hydrogens (primary N) is 1. The highest BCUT2D eigenvalue weighted by Gasteiger charge is 2.58. The molecule has 3 atom stereocenters. The van der Waals surface area contributed by atoms with Gasteiger partial charge in [-0.25, -0.2) is 0 Å². The fourth-order valence-corrected chi connectivity index (χ4v) is 2.70. The summed E-state index contributed by atoms with van der Waals surface area (Å²) in [6.07, 6.45) is 1.08. The zero-order valence-electron chi connectivity index (χ0n) is 12.5. The molecular weight excluding hydrogens is 267 g/mol. The van der Waals surface area contributed by atoms with E-state index in [9.17, 15) is 14.8 Å². The van der Waals surface area contributed by atoms with Gasteiger partial charge in [0.05, 0.1) is 5.94 Å². The normalized spacial score (nSPS) is 25.5. The largest absolute Gasteiger partial charge is 0.475 e. The van der Waals surface area contributed by atoms with Gasteiger partial charge in [0.1, 0.15) is 5.54 Å². The van der Waals surface area contributed by atoms with Crippen molar-refractivity contribution in [2.75, 3.05) is 0 Å². The van der Waals surface area contributed by atoms with E-state index in [0.717, 1.165) is 5.56 Å². The Morgan fingerprint density at radius 3 is 2.57 bits per heavy atom. The molecule has 1 fully saturated rings. The second kappa shape index (κ2) is 6.18. The molecule has 114 valence electrons. The quantitative estimate of drug-likeness (QED) is 0.571. The van der Waals surface area contributed by atoms with Crippen LogP contribution in [0, 0.1) is 5.92 Å². The molecule has 1 amide bonds. The number of hydrogen-bond donors (Lipinski definition) is 4. The molecule has 1 unspecified atom stereocenters. The number of amides is 1. The van der Waals surface area contributed by atoms with Gasteiger partial charge in [-0.05, 0) is 24.3 Å². The molecular formula is C15H23BN2O3. The first kappa shape index (κ1) is 16.0. The maximum atomic E-state index is 12.3. The van der Waals surface area contributed by atoms with Crippen molar-refractivity contribution in [3.05, 3.63) is 35.9 Å². The van der Waals surface area contributed by atoms with Crippen molar-refractivity contribution in [2.45, 2.75) is 44.1 Å². The lowest BCUT2D eigenvalue weighted by Gasteiger charge is -2.22. The molecule has 0 aliphatic heterocycles. The van der Waals surface area contributed by atoms with Crippen molar-refractivity contribution in [1.82, 2.24) is 5.32 Å². The van der Waals surface area contributed by atoms with Crippen molar-refractivity contribution in [3.8, 4) is 0 Å². The molecule has 2 rings (SSSR count). The van der Waals surface area contributed by atoms with Crippen LogP contribution in [-0.4, -0.2) is 34.6 Å². The summed E-state index contributed by atoms with van der Waals surface area (Å²) in [7, 11) is -1.58. The van der Waals surface area contributed by atoms with Gasteiger partial charge in [-0.1, -0.05) is 44.2 Å². The minimum absolute atomic E-state index is 0.00534. The van der Waals surface area contributed by atoms with Crippen LogP contribution in [0.2, 0.25) is 0 Å². The van der Waals surface area contributed by atoms with Crippen molar-refractivity contribution in [3.63, 3.8) is 0 Å². The van der Waals surface area contributed by atoms with E-state index < -0.39 is 18.6 Å². The molecule has 6 heteroatoms. The van der Waals surface area contributed by atoms with Crippen LogP contribution in [0.4, 0.5) is 0 Å². The SMILES string of the molecule is CC(C)C[C@H](NC(=O)C1(N)C[C@H]1c1ccccc1)B(O)O. The second-order valence-corrected chi connectivity index (χ2v) is 6.33. The summed E-state index contributed by atoms with van der Waals surface area (Å²) in [6.45, 7) is 3.92. The zero-order chi connectivity index (χ0) is 15.6. The van der Waals surface area contributed by atoms with Crippen molar-refractivity contribution in [1.29, 1.82) is 0 Å². The van der Waals surface area contributed by atoms with E-state index in [1.165, 1.54) is 0 Å². The van der Waals surface area contributed by atoms with Gasteiger partial charge in [-0.15, -0.1) is 0 Å². The number of rotatable bonds is 6. The first-order valence-corrected chi connectivity index (χ1v) is 7.35. The van der Waals surface area contributed by atoms with Gasteiger partial charge >= 0.3 is 7.12 Å². The monoisotopic (exact) mass is 290 g/mol. The van der Waals surface area contributed by atoms with Crippen molar-refractivity contribution >= 4 is 13.0 Å². The number of nitrogens with one attached hydrogen (secondary N) is 1. The Morgan fingerprint density at radius 2 is 2.05 bits per heavy atom. The van der Waals surface area contributed by atoms with E-state index in [1.54, 1.807) is 0 Å². The highest BCUT2D eigenvalue weighted by atomic mass is 16.4. The third kappa shape index (κ3) is 3.64. The Morgan fingerprint density at radius 1 is 1.43 bits per heavy atom. The zero-order valence-corrected chi connectivity index (χ0v) is 12.5. The number of hydrogen-bond acceptors (Lipinski definition) is 4. The molecule has 0 radical (unpaired) electrons. The summed E-state index contributed by atoms with van der Waals surface area (Å²) in [6, 6.07) is 9.68. The summed E-state index contributed by atoms with van der Waals surface area (Å²) in [5.74, 6) is -0.755. The summed E-state index contributed by atoms with van der Waals surface area (Å²) in [5.41, 5.74) is 6.27. The summed E-state index contributed by atoms with van der Waals surface area (Å²) in [5, 5.41) is 21.4. The fraction of sp³-hybridized carbons (Fsp3) is 0.533. The van der Waals surface area contributed by atoms with E-state index in [1.807, 2.05) is 44.2 Å². The maximum absolute atomic E-state index is 12.3. The van der Waals surface area contributed by atoms with Crippen LogP contribution in [0.25, 0.3) is 0 Å². The van der Waals surface area contributed by atoms with Crippen molar-refractivity contribution < 1.29 is 14.8 Å². The van der Waals surface area contributed by atoms with Gasteiger partial charge in [-0.3, -0.25) is 4.79 Å². The average molecular weight is 290 g/mol. The Labute approximate surface area is 125 Å². The van der Waals surface area contributed by atoms with Gasteiger partial charge in [0, 0.05) is 5.92 Å². The summed E-state index contributed by atoms with van der Waals surface area (Å²) < 4.78 is 0. The molecule has 21 heavy (non-hydrogen) atoms. The van der Waals surface area contributed by atoms with Gasteiger partial charge in [-0.2, -0.15) is 0 Å². The second-order valence-electron chi connectivity index (χ2n) is 6.33. The van der Waals surface area contributed by atoms with E-state index in [2.05, 4.69) is 5.32 Å². The lowest BCUT2D eigenvalue weighted by atomic mass is 9.75. The van der Waals surface area contributed by atoms with Gasteiger partial charge in [0.15, 0.2) is 0 Å². The molecule has 0 saturated heterocycles. The summed E-state index contributed by atoms with van der Waals surface area (Å²) in [4.78, 5) is 12.3. The molecule has 1 aromatic carbocycles. The predicted octanol–water partition coefficient (Wildman–Crippen LogP) is 0.414. The highest BCUT2D eigenvalue weighted by Crippen LogP contribution is 2.49. The highest BCUT2D eigenvalue weighted by molar-refractivity contribution is 6.43. The standard InChI is InChI=1S/C15H23BN2O3/c1-10(2)8-13(16(20)21)18-14(19)15(17)9-12(15)11-6-4-3-5-7-11/h3-7,10,12-13,20-21H,8-9,17H2,1-2H3,(H,18,19)/t12-,13-,15?/m0/s1. The smallest absolute Gasteiger partial charge is 0.426 e. The minimum atomic E-state index is -1.58. The molecule has 0 bridgehead atoms. The molecule has 1 saturated carbocycles. The molecule has 0 heterocycles. The molecule has 5 nitrogen and oxygen atoms in total. The minimum Gasteiger partial charge on any atom is -0.426 e. The van der Waals surface area contributed by atoms with Crippen LogP contribution in [0.1, 0.15) is 38.2 Å². The Balaban J connectivity index is 2.00. The predicted molar refractivity (Wildman–Crippen MR) is 82.3 cm³/mol. The van der Waals surface area contributed by atoms with Gasteiger partial charge in [0.25, 0.3) is 0 Å². The third-order valence-corrected chi connectivity index (χ3v) is 4.03. The van der Waals surface area contributed by atoms with Crippen LogP contribution in [0.3, 0.4) is 0 Å². The molecule has 1 aromatic rings. The Hall–Kier alpha value is -1.37. The van der Waals surface area contributed by atoms with Gasteiger partial charge < -0.3 is 21.1 Å². The molecule has 0 aromatic heterocycles. The van der Waals surface area contributed by atoms with E-state index in [-0.39, 0.29) is 17.7 Å². The number of carbonyl (C=O) groups excluding carboxylic acids is 1. The fourth-order valence-electron chi connectivity index (χ4n) is 2.70. The summed E-state index contributed by atoms with van der Waals surface area (Å²) >= 11 is 0. The van der Waals surface area contributed by atoms with Crippen LogP contribution >= 0.6 is 0 Å². The Bertz CT molecular complexity index is 495. The van der Waals surface area contributed by atoms with Gasteiger partial charge in [0.2, 0.25) is 5.91 Å². The maximum Gasteiger partial charge on any atom is 0.475 e. The molecule has 0 spiro atoms. The van der Waals surface area contributed by atoms with Crippen LogP contribution in [-0.2, 0) is 4.79 Å². The van der Waals surface area contributed by atoms with Crippen molar-refractivity contribution in [2.24, 2.45) is 11.7 Å². The average Bonchev–Trinajstić information content (AvgIpc) is 3.12. The molecule has 1 aliphatic rings. The topological polar surface area (TPSA) is 95.6 Å². The van der Waals surface area contributed by atoms with E-state index in [0.29, 0.717) is 12.8 Å². The van der Waals surface area contributed by atoms with E-state index in [4.69, 9.17) is 5.73 Å². The third-order valence-electron chi connectivity index (χ3n) is 4.03. The number of carbonyl (C=O) groups is 1. The first-order chi connectivity index (χ1) is 9.84. The van der Waals surface area contributed by atoms with E-state index >= 15 is 0 Å². The van der Waals surface area contributed by atoms with Crippen LogP contribution in [0.5, 0.6) is 0 Å². The first-order valence-electron chi connectivity index (χ1n) is 7.35. The van der Waals surface area contributed by atoms with Crippen LogP contribution in [0.15, 0.2) is 30.3 Å². The lowest BCUT2D eigenvalue weighted by molar-refractivity contribution is -0.123. The molecule has 1 aliphatic carbocycles. The van der Waals surface area contributed by atoms with Crippen LogP contribution < -0.4 is 11.1 Å². The number of benzene rings is 1. The Kier molecular flexibility index (Phi) is 4.71.